The zero-order valence-corrected chi connectivity index (χ0v) is 15.4. The molecule has 0 aliphatic carbocycles. The first-order valence-electron chi connectivity index (χ1n) is 8.11. The summed E-state index contributed by atoms with van der Waals surface area (Å²) in [4.78, 5) is 37.3. The minimum atomic E-state index is -0.354. The molecule has 136 valence electrons. The van der Waals surface area contributed by atoms with Gasteiger partial charge in [-0.2, -0.15) is 0 Å². The van der Waals surface area contributed by atoms with E-state index in [1.165, 1.54) is 22.1 Å². The molecule has 0 atom stereocenters. The topological polar surface area (TPSA) is 89.8 Å². The van der Waals surface area contributed by atoms with Gasteiger partial charge in [0, 0.05) is 11.6 Å². The van der Waals surface area contributed by atoms with Crippen molar-refractivity contribution >= 4 is 28.5 Å². The van der Waals surface area contributed by atoms with Crippen molar-refractivity contribution in [3.05, 3.63) is 76.4 Å². The summed E-state index contributed by atoms with van der Waals surface area (Å²) in [6, 6.07) is 5.54. The largest absolute Gasteiger partial charge is 0.300 e. The lowest BCUT2D eigenvalue weighted by atomic mass is 10.2. The zero-order valence-electron chi connectivity index (χ0n) is 14.6. The Morgan fingerprint density at radius 3 is 2.93 bits per heavy atom. The number of pyridine rings is 1. The summed E-state index contributed by atoms with van der Waals surface area (Å²) in [6.07, 6.45) is 7.88. The lowest BCUT2D eigenvalue weighted by Crippen LogP contribution is -2.30. The number of carbonyl (C=O) groups is 1. The number of thiazole rings is 1. The molecule has 0 aromatic carbocycles. The molecule has 0 bridgehead atoms. The number of carbonyl (C=O) groups excluding carboxylic acids is 1. The first-order chi connectivity index (χ1) is 13.1. The number of anilines is 1. The van der Waals surface area contributed by atoms with E-state index in [0.29, 0.717) is 22.2 Å². The predicted octanol–water partition coefficient (Wildman–Crippen LogP) is 2.91. The molecule has 0 saturated carbocycles. The Kier molecular flexibility index (Phi) is 5.68. The number of amides is 1. The van der Waals surface area contributed by atoms with Crippen LogP contribution in [0.4, 0.5) is 5.13 Å². The smallest absolute Gasteiger partial charge is 0.269 e. The molecule has 0 radical (unpaired) electrons. The molecule has 3 rings (SSSR count). The van der Waals surface area contributed by atoms with E-state index in [1.807, 2.05) is 23.6 Å². The highest BCUT2D eigenvalue weighted by molar-refractivity contribution is 7.14. The fourth-order valence-corrected chi connectivity index (χ4v) is 3.12. The highest BCUT2D eigenvalue weighted by Crippen LogP contribution is 2.23. The second-order valence-electron chi connectivity index (χ2n) is 5.55. The van der Waals surface area contributed by atoms with Gasteiger partial charge in [-0.1, -0.05) is 24.8 Å². The van der Waals surface area contributed by atoms with Gasteiger partial charge in [-0.15, -0.1) is 11.3 Å². The second kappa shape index (κ2) is 8.33. The van der Waals surface area contributed by atoms with Crippen LogP contribution < -0.4 is 10.9 Å². The maximum atomic E-state index is 12.4. The molecule has 0 aliphatic rings. The van der Waals surface area contributed by atoms with Crippen LogP contribution in [0.1, 0.15) is 11.4 Å². The normalized spacial score (nSPS) is 10.9. The molecule has 3 aromatic heterocycles. The molecule has 3 aromatic rings. The Hall–Kier alpha value is -3.39. The van der Waals surface area contributed by atoms with Gasteiger partial charge in [0.15, 0.2) is 5.13 Å². The van der Waals surface area contributed by atoms with Gasteiger partial charge in [0.1, 0.15) is 12.2 Å². The van der Waals surface area contributed by atoms with Gasteiger partial charge in [0.05, 0.1) is 23.3 Å². The SMILES string of the molecule is C=C/C=C\c1c(C)ncc(=O)n1CC(=O)Nc1nc(-c2ccccn2)cs1. The third-order valence-corrected chi connectivity index (χ3v) is 4.42. The van der Waals surface area contributed by atoms with E-state index in [0.717, 1.165) is 5.69 Å². The van der Waals surface area contributed by atoms with E-state index in [1.54, 1.807) is 31.3 Å². The monoisotopic (exact) mass is 379 g/mol. The minimum Gasteiger partial charge on any atom is -0.300 e. The fourth-order valence-electron chi connectivity index (χ4n) is 2.40. The summed E-state index contributed by atoms with van der Waals surface area (Å²) >= 11 is 1.30. The van der Waals surface area contributed by atoms with Gasteiger partial charge in [-0.25, -0.2) is 4.98 Å². The Labute approximate surface area is 159 Å². The van der Waals surface area contributed by atoms with Crippen molar-refractivity contribution in [3.8, 4) is 11.4 Å². The van der Waals surface area contributed by atoms with Crippen LogP contribution >= 0.6 is 11.3 Å². The molecular formula is C19H17N5O2S. The summed E-state index contributed by atoms with van der Waals surface area (Å²) in [5.74, 6) is -0.349. The molecule has 1 N–H and O–H groups in total. The minimum absolute atomic E-state index is 0.141. The third kappa shape index (κ3) is 4.42. The van der Waals surface area contributed by atoms with Crippen molar-refractivity contribution in [2.24, 2.45) is 0 Å². The molecule has 0 fully saturated rings. The molecule has 3 heterocycles. The Bertz CT molecular complexity index is 1050. The fraction of sp³-hybridized carbons (Fsp3) is 0.105. The standard InChI is InChI=1S/C19H17N5O2S/c1-3-4-8-16-13(2)21-10-18(26)24(16)11-17(25)23-19-22-15(12-27-19)14-7-5-6-9-20-14/h3-10,12H,1,11H2,2H3,(H,22,23,25)/b8-4-. The third-order valence-electron chi connectivity index (χ3n) is 3.67. The summed E-state index contributed by atoms with van der Waals surface area (Å²) < 4.78 is 1.37. The van der Waals surface area contributed by atoms with E-state index in [-0.39, 0.29) is 18.0 Å². The number of aryl methyl sites for hydroxylation is 1. The number of aromatic nitrogens is 4. The number of allylic oxidation sites excluding steroid dienone is 2. The van der Waals surface area contributed by atoms with Gasteiger partial charge in [0.2, 0.25) is 5.91 Å². The summed E-state index contributed by atoms with van der Waals surface area (Å²) in [5, 5.41) is 4.99. The van der Waals surface area contributed by atoms with E-state index in [9.17, 15) is 9.59 Å². The van der Waals surface area contributed by atoms with Crippen LogP contribution in [0.15, 0.2) is 59.5 Å². The first-order valence-corrected chi connectivity index (χ1v) is 8.99. The van der Waals surface area contributed by atoms with Gasteiger partial charge in [0.25, 0.3) is 5.56 Å². The summed E-state index contributed by atoms with van der Waals surface area (Å²) in [6.45, 7) is 5.25. The number of rotatable bonds is 6. The van der Waals surface area contributed by atoms with Crippen LogP contribution in [-0.2, 0) is 11.3 Å². The molecule has 0 spiro atoms. The van der Waals surface area contributed by atoms with Crippen LogP contribution in [0.25, 0.3) is 17.5 Å². The average molecular weight is 379 g/mol. The van der Waals surface area contributed by atoms with Crippen molar-refractivity contribution < 1.29 is 4.79 Å². The molecule has 0 saturated heterocycles. The van der Waals surface area contributed by atoms with Crippen molar-refractivity contribution in [3.63, 3.8) is 0 Å². The maximum absolute atomic E-state index is 12.4. The van der Waals surface area contributed by atoms with E-state index in [2.05, 4.69) is 26.8 Å². The second-order valence-corrected chi connectivity index (χ2v) is 6.41. The van der Waals surface area contributed by atoms with Gasteiger partial charge >= 0.3 is 0 Å². The highest BCUT2D eigenvalue weighted by atomic mass is 32.1. The molecule has 0 unspecified atom stereocenters. The van der Waals surface area contributed by atoms with Crippen LogP contribution in [-0.4, -0.2) is 25.4 Å². The van der Waals surface area contributed by atoms with E-state index < -0.39 is 0 Å². The summed E-state index contributed by atoms with van der Waals surface area (Å²) in [5.41, 5.74) is 2.26. The predicted molar refractivity (Wildman–Crippen MR) is 106 cm³/mol. The average Bonchev–Trinajstić information content (AvgIpc) is 3.13. The number of hydrogen-bond donors (Lipinski definition) is 1. The van der Waals surface area contributed by atoms with Crippen molar-refractivity contribution in [1.29, 1.82) is 0 Å². The van der Waals surface area contributed by atoms with E-state index >= 15 is 0 Å². The molecule has 1 amide bonds. The van der Waals surface area contributed by atoms with Crippen LogP contribution in [0.2, 0.25) is 0 Å². The van der Waals surface area contributed by atoms with Crippen LogP contribution in [0.3, 0.4) is 0 Å². The highest BCUT2D eigenvalue weighted by Gasteiger charge is 2.13. The summed E-state index contributed by atoms with van der Waals surface area (Å²) in [7, 11) is 0. The van der Waals surface area contributed by atoms with Crippen molar-refractivity contribution in [1.82, 2.24) is 19.5 Å². The maximum Gasteiger partial charge on any atom is 0.269 e. The first kappa shape index (κ1) is 18.4. The van der Waals surface area contributed by atoms with Crippen molar-refractivity contribution in [2.75, 3.05) is 5.32 Å². The quantitative estimate of drug-likeness (QED) is 0.665. The van der Waals surface area contributed by atoms with Gasteiger partial charge < -0.3 is 5.32 Å². The molecule has 7 nitrogen and oxygen atoms in total. The van der Waals surface area contributed by atoms with Gasteiger partial charge in [-0.3, -0.25) is 24.1 Å². The Morgan fingerprint density at radius 1 is 1.33 bits per heavy atom. The van der Waals surface area contributed by atoms with Crippen LogP contribution in [0, 0.1) is 6.92 Å². The lowest BCUT2D eigenvalue weighted by Gasteiger charge is -2.11. The zero-order chi connectivity index (χ0) is 19.2. The molecular weight excluding hydrogens is 362 g/mol. The van der Waals surface area contributed by atoms with Crippen molar-refractivity contribution in [2.45, 2.75) is 13.5 Å². The molecule has 8 heteroatoms. The molecule has 0 aliphatic heterocycles. The number of hydrogen-bond acceptors (Lipinski definition) is 6. The lowest BCUT2D eigenvalue weighted by molar-refractivity contribution is -0.116. The Balaban J connectivity index is 1.78. The Morgan fingerprint density at radius 2 is 2.19 bits per heavy atom. The van der Waals surface area contributed by atoms with Gasteiger partial charge in [-0.05, 0) is 25.1 Å². The van der Waals surface area contributed by atoms with Crippen LogP contribution in [0.5, 0.6) is 0 Å². The van der Waals surface area contributed by atoms with E-state index in [4.69, 9.17) is 0 Å². The number of nitrogens with one attached hydrogen (secondary N) is 1. The number of nitrogens with zero attached hydrogens (tertiary/aromatic N) is 4. The molecule has 27 heavy (non-hydrogen) atoms.